The number of aromatic nitrogens is 1. The van der Waals surface area contributed by atoms with Crippen LogP contribution in [0.2, 0.25) is 0 Å². The number of hydrogen-bond acceptors (Lipinski definition) is 2. The molecule has 0 unspecified atom stereocenters. The van der Waals surface area contributed by atoms with Gasteiger partial charge in [-0.25, -0.2) is 0 Å². The standard InChI is InChI=1S/C14H13F3N2/c1-10-13(7-4-8-18-10)19-9-11-5-2-3-6-12(11)14(15,16)17/h2-8,19H,9H2,1H3. The van der Waals surface area contributed by atoms with Crippen molar-refractivity contribution in [2.45, 2.75) is 19.6 Å². The van der Waals surface area contributed by atoms with E-state index in [0.29, 0.717) is 0 Å². The van der Waals surface area contributed by atoms with E-state index >= 15 is 0 Å². The van der Waals surface area contributed by atoms with E-state index in [4.69, 9.17) is 0 Å². The molecule has 0 saturated heterocycles. The van der Waals surface area contributed by atoms with Gasteiger partial charge in [0.05, 0.1) is 16.9 Å². The van der Waals surface area contributed by atoms with Gasteiger partial charge in [-0.2, -0.15) is 13.2 Å². The van der Waals surface area contributed by atoms with Crippen LogP contribution in [0.1, 0.15) is 16.8 Å². The molecule has 1 N–H and O–H groups in total. The average Bonchev–Trinajstić information content (AvgIpc) is 2.37. The Balaban J connectivity index is 2.19. The second-order valence-electron chi connectivity index (χ2n) is 4.14. The summed E-state index contributed by atoms with van der Waals surface area (Å²) in [6.07, 6.45) is -2.69. The van der Waals surface area contributed by atoms with Crippen molar-refractivity contribution < 1.29 is 13.2 Å². The summed E-state index contributed by atoms with van der Waals surface area (Å²) in [5.41, 5.74) is 1.11. The first-order valence-corrected chi connectivity index (χ1v) is 5.79. The Morgan fingerprint density at radius 2 is 1.84 bits per heavy atom. The maximum Gasteiger partial charge on any atom is 0.416 e. The minimum absolute atomic E-state index is 0.113. The molecule has 2 nitrogen and oxygen atoms in total. The van der Waals surface area contributed by atoms with Crippen LogP contribution in [-0.2, 0) is 12.7 Å². The Hall–Kier alpha value is -2.04. The van der Waals surface area contributed by atoms with Crippen LogP contribution in [0.3, 0.4) is 0 Å². The van der Waals surface area contributed by atoms with Gasteiger partial charge in [0.25, 0.3) is 0 Å². The smallest absolute Gasteiger partial charge is 0.379 e. The summed E-state index contributed by atoms with van der Waals surface area (Å²) in [4.78, 5) is 4.08. The van der Waals surface area contributed by atoms with Gasteiger partial charge < -0.3 is 5.32 Å². The third kappa shape index (κ3) is 3.24. The lowest BCUT2D eigenvalue weighted by Crippen LogP contribution is -2.12. The largest absolute Gasteiger partial charge is 0.416 e. The highest BCUT2D eigenvalue weighted by molar-refractivity contribution is 5.47. The van der Waals surface area contributed by atoms with Gasteiger partial charge in [0.2, 0.25) is 0 Å². The number of alkyl halides is 3. The number of nitrogens with zero attached hydrogens (tertiary/aromatic N) is 1. The van der Waals surface area contributed by atoms with E-state index in [1.54, 1.807) is 31.3 Å². The zero-order chi connectivity index (χ0) is 13.9. The van der Waals surface area contributed by atoms with Gasteiger partial charge in [0, 0.05) is 12.7 Å². The first kappa shape index (κ1) is 13.4. The monoisotopic (exact) mass is 266 g/mol. The molecule has 0 saturated carbocycles. The molecule has 0 aliphatic rings. The van der Waals surface area contributed by atoms with Gasteiger partial charge in [0.15, 0.2) is 0 Å². The van der Waals surface area contributed by atoms with Gasteiger partial charge >= 0.3 is 6.18 Å². The van der Waals surface area contributed by atoms with Crippen LogP contribution in [0.5, 0.6) is 0 Å². The van der Waals surface area contributed by atoms with Crippen molar-refractivity contribution in [2.24, 2.45) is 0 Å². The summed E-state index contributed by atoms with van der Waals surface area (Å²) in [6, 6.07) is 9.09. The molecule has 0 aliphatic heterocycles. The Morgan fingerprint density at radius 3 is 2.53 bits per heavy atom. The second kappa shape index (κ2) is 5.30. The van der Waals surface area contributed by atoms with Gasteiger partial charge in [-0.05, 0) is 30.7 Å². The highest BCUT2D eigenvalue weighted by Crippen LogP contribution is 2.32. The summed E-state index contributed by atoms with van der Waals surface area (Å²) in [7, 11) is 0. The summed E-state index contributed by atoms with van der Waals surface area (Å²) in [5, 5.41) is 2.98. The molecule has 0 radical (unpaired) electrons. The molecular weight excluding hydrogens is 253 g/mol. The molecular formula is C14H13F3N2. The van der Waals surface area contributed by atoms with E-state index in [1.807, 2.05) is 0 Å². The number of anilines is 1. The van der Waals surface area contributed by atoms with Crippen LogP contribution in [0, 0.1) is 6.92 Å². The molecule has 0 amide bonds. The molecule has 0 spiro atoms. The molecule has 0 aliphatic carbocycles. The third-order valence-corrected chi connectivity index (χ3v) is 2.80. The number of benzene rings is 1. The van der Waals surface area contributed by atoms with Gasteiger partial charge in [-0.1, -0.05) is 18.2 Å². The van der Waals surface area contributed by atoms with Crippen LogP contribution in [0.25, 0.3) is 0 Å². The van der Waals surface area contributed by atoms with E-state index in [-0.39, 0.29) is 12.1 Å². The van der Waals surface area contributed by atoms with Crippen molar-refractivity contribution >= 4 is 5.69 Å². The molecule has 2 rings (SSSR count). The normalized spacial score (nSPS) is 11.4. The fourth-order valence-electron chi connectivity index (χ4n) is 1.81. The SMILES string of the molecule is Cc1ncccc1NCc1ccccc1C(F)(F)F. The molecule has 1 aromatic carbocycles. The molecule has 19 heavy (non-hydrogen) atoms. The molecule has 0 fully saturated rings. The Kier molecular flexibility index (Phi) is 3.74. The van der Waals surface area contributed by atoms with E-state index in [0.717, 1.165) is 17.4 Å². The summed E-state index contributed by atoms with van der Waals surface area (Å²) < 4.78 is 38.4. The summed E-state index contributed by atoms with van der Waals surface area (Å²) >= 11 is 0. The second-order valence-corrected chi connectivity index (χ2v) is 4.14. The number of rotatable bonds is 3. The highest BCUT2D eigenvalue weighted by atomic mass is 19.4. The Bertz CT molecular complexity index is 565. The molecule has 0 atom stereocenters. The van der Waals surface area contributed by atoms with Crippen LogP contribution >= 0.6 is 0 Å². The van der Waals surface area contributed by atoms with Crippen molar-refractivity contribution in [1.82, 2.24) is 4.98 Å². The lowest BCUT2D eigenvalue weighted by molar-refractivity contribution is -0.138. The van der Waals surface area contributed by atoms with Crippen molar-refractivity contribution in [2.75, 3.05) is 5.32 Å². The predicted octanol–water partition coefficient (Wildman–Crippen LogP) is 4.02. The minimum Gasteiger partial charge on any atom is -0.379 e. The van der Waals surface area contributed by atoms with Crippen molar-refractivity contribution in [3.63, 3.8) is 0 Å². The topological polar surface area (TPSA) is 24.9 Å². The van der Waals surface area contributed by atoms with E-state index < -0.39 is 11.7 Å². The number of hydrogen-bond donors (Lipinski definition) is 1. The van der Waals surface area contributed by atoms with E-state index in [1.165, 1.54) is 12.1 Å². The minimum atomic E-state index is -4.33. The maximum absolute atomic E-state index is 12.8. The zero-order valence-corrected chi connectivity index (χ0v) is 10.3. The molecule has 1 aromatic heterocycles. The molecule has 1 heterocycles. The number of aryl methyl sites for hydroxylation is 1. The average molecular weight is 266 g/mol. The first-order chi connectivity index (χ1) is 8.98. The number of nitrogens with one attached hydrogen (secondary N) is 1. The van der Waals surface area contributed by atoms with Crippen LogP contribution in [-0.4, -0.2) is 4.98 Å². The fourth-order valence-corrected chi connectivity index (χ4v) is 1.81. The van der Waals surface area contributed by atoms with Crippen LogP contribution in [0.4, 0.5) is 18.9 Å². The summed E-state index contributed by atoms with van der Waals surface area (Å²) in [6.45, 7) is 1.92. The maximum atomic E-state index is 12.8. The molecule has 0 bridgehead atoms. The first-order valence-electron chi connectivity index (χ1n) is 5.79. The third-order valence-electron chi connectivity index (χ3n) is 2.80. The molecule has 2 aromatic rings. The Morgan fingerprint density at radius 1 is 1.11 bits per heavy atom. The van der Waals surface area contributed by atoms with E-state index in [9.17, 15) is 13.2 Å². The fraction of sp³-hybridized carbons (Fsp3) is 0.214. The quantitative estimate of drug-likeness (QED) is 0.907. The van der Waals surface area contributed by atoms with Crippen molar-refractivity contribution in [3.05, 3.63) is 59.4 Å². The van der Waals surface area contributed by atoms with Crippen LogP contribution < -0.4 is 5.32 Å². The van der Waals surface area contributed by atoms with Crippen LogP contribution in [0.15, 0.2) is 42.6 Å². The molecule has 100 valence electrons. The zero-order valence-electron chi connectivity index (χ0n) is 10.3. The molecule has 5 heteroatoms. The number of halogens is 3. The van der Waals surface area contributed by atoms with Crippen molar-refractivity contribution in [1.29, 1.82) is 0 Å². The van der Waals surface area contributed by atoms with Gasteiger partial charge in [-0.15, -0.1) is 0 Å². The lowest BCUT2D eigenvalue weighted by Gasteiger charge is -2.14. The highest BCUT2D eigenvalue weighted by Gasteiger charge is 2.32. The lowest BCUT2D eigenvalue weighted by atomic mass is 10.1. The predicted molar refractivity (Wildman–Crippen MR) is 67.7 cm³/mol. The van der Waals surface area contributed by atoms with Gasteiger partial charge in [0.1, 0.15) is 0 Å². The van der Waals surface area contributed by atoms with Gasteiger partial charge in [-0.3, -0.25) is 4.98 Å². The van der Waals surface area contributed by atoms with Crippen molar-refractivity contribution in [3.8, 4) is 0 Å². The van der Waals surface area contributed by atoms with E-state index in [2.05, 4.69) is 10.3 Å². The summed E-state index contributed by atoms with van der Waals surface area (Å²) in [5.74, 6) is 0. The number of pyridine rings is 1. The Labute approximate surface area is 109 Å².